The minimum absolute atomic E-state index is 0.0792. The quantitative estimate of drug-likeness (QED) is 0.506. The maximum absolute atomic E-state index is 12.9. The van der Waals surface area contributed by atoms with E-state index in [0.717, 1.165) is 64.5 Å². The van der Waals surface area contributed by atoms with Crippen LogP contribution in [-0.2, 0) is 21.5 Å². The number of aryl methyl sites for hydroxylation is 1. The highest BCUT2D eigenvalue weighted by molar-refractivity contribution is 5.83. The van der Waals surface area contributed by atoms with Gasteiger partial charge >= 0.3 is 0 Å². The van der Waals surface area contributed by atoms with E-state index in [2.05, 4.69) is 44.8 Å². The summed E-state index contributed by atoms with van der Waals surface area (Å²) >= 11 is 0. The van der Waals surface area contributed by atoms with Crippen molar-refractivity contribution in [3.63, 3.8) is 0 Å². The van der Waals surface area contributed by atoms with Crippen LogP contribution < -0.4 is 5.32 Å². The van der Waals surface area contributed by atoms with E-state index in [1.165, 1.54) is 23.4 Å². The summed E-state index contributed by atoms with van der Waals surface area (Å²) in [7, 11) is 0. The molecule has 0 radical (unpaired) electrons. The number of aromatic amines is 1. The molecule has 0 bridgehead atoms. The maximum atomic E-state index is 12.9. The van der Waals surface area contributed by atoms with Crippen molar-refractivity contribution in [1.82, 2.24) is 25.3 Å². The number of aromatic nitrogens is 3. The molecule has 2 aliphatic rings. The lowest BCUT2D eigenvalue weighted by atomic mass is 9.89. The van der Waals surface area contributed by atoms with Crippen LogP contribution in [0.1, 0.15) is 87.9 Å². The molecule has 8 heteroatoms. The first-order valence-electron chi connectivity index (χ1n) is 13.0. The molecule has 2 aromatic heterocycles. The van der Waals surface area contributed by atoms with Gasteiger partial charge in [0, 0.05) is 50.0 Å². The second-order valence-corrected chi connectivity index (χ2v) is 10.1. The highest BCUT2D eigenvalue weighted by atomic mass is 16.5. The number of nitrogens with one attached hydrogen (secondary N) is 2. The molecule has 186 valence electrons. The van der Waals surface area contributed by atoms with Gasteiger partial charge in [0.15, 0.2) is 5.82 Å². The number of likely N-dealkylation sites (tertiary alicyclic amines) is 1. The number of carbonyl (C=O) groups excluding carboxylic acids is 2. The minimum Gasteiger partial charge on any atom is -0.361 e. The van der Waals surface area contributed by atoms with Gasteiger partial charge in [-0.25, -0.2) is 0 Å². The highest BCUT2D eigenvalue weighted by Crippen LogP contribution is 2.35. The Hall–Kier alpha value is -3.16. The SMILES string of the molecule is CC(=O)NC1(c2noc(CCC(=O)N3CCC(c4c[nH]c5ccccc45)CC3)n2)CCCCCC1. The van der Waals surface area contributed by atoms with Gasteiger partial charge < -0.3 is 19.7 Å². The van der Waals surface area contributed by atoms with Crippen molar-refractivity contribution >= 4 is 22.7 Å². The molecule has 1 saturated heterocycles. The van der Waals surface area contributed by atoms with Gasteiger partial charge in [-0.3, -0.25) is 9.59 Å². The number of para-hydroxylation sites is 1. The lowest BCUT2D eigenvalue weighted by Crippen LogP contribution is -2.45. The van der Waals surface area contributed by atoms with Crippen LogP contribution in [0.15, 0.2) is 35.0 Å². The number of nitrogens with zero attached hydrogens (tertiary/aromatic N) is 3. The number of hydrogen-bond donors (Lipinski definition) is 2. The average molecular weight is 478 g/mol. The van der Waals surface area contributed by atoms with E-state index >= 15 is 0 Å². The van der Waals surface area contributed by atoms with Gasteiger partial charge in [0.2, 0.25) is 17.7 Å². The number of H-pyrrole nitrogens is 1. The molecule has 2 N–H and O–H groups in total. The predicted octanol–water partition coefficient (Wildman–Crippen LogP) is 4.58. The van der Waals surface area contributed by atoms with Crippen molar-refractivity contribution in [1.29, 1.82) is 0 Å². The van der Waals surface area contributed by atoms with E-state index < -0.39 is 5.54 Å². The molecule has 3 heterocycles. The fourth-order valence-corrected chi connectivity index (χ4v) is 5.87. The minimum atomic E-state index is -0.557. The normalized spacial score (nSPS) is 18.9. The fourth-order valence-electron chi connectivity index (χ4n) is 5.87. The molecule has 5 rings (SSSR count). The van der Waals surface area contributed by atoms with Gasteiger partial charge in [-0.15, -0.1) is 0 Å². The van der Waals surface area contributed by atoms with E-state index in [0.29, 0.717) is 30.5 Å². The summed E-state index contributed by atoms with van der Waals surface area (Å²) in [5.41, 5.74) is 1.97. The topological polar surface area (TPSA) is 104 Å². The molecule has 0 atom stereocenters. The van der Waals surface area contributed by atoms with E-state index in [1.54, 1.807) is 0 Å². The Morgan fingerprint density at radius 1 is 1.14 bits per heavy atom. The van der Waals surface area contributed by atoms with E-state index in [9.17, 15) is 9.59 Å². The highest BCUT2D eigenvalue weighted by Gasteiger charge is 2.38. The number of hydrogen-bond acceptors (Lipinski definition) is 5. The van der Waals surface area contributed by atoms with Crippen molar-refractivity contribution in [2.24, 2.45) is 0 Å². The maximum Gasteiger partial charge on any atom is 0.227 e. The van der Waals surface area contributed by atoms with Crippen LogP contribution in [0.25, 0.3) is 10.9 Å². The molecule has 1 aromatic carbocycles. The summed E-state index contributed by atoms with van der Waals surface area (Å²) in [5, 5.41) is 8.63. The first-order valence-corrected chi connectivity index (χ1v) is 13.0. The lowest BCUT2D eigenvalue weighted by molar-refractivity contribution is -0.132. The Labute approximate surface area is 205 Å². The molecule has 1 saturated carbocycles. The van der Waals surface area contributed by atoms with Gasteiger partial charge in [0.25, 0.3) is 0 Å². The van der Waals surface area contributed by atoms with Gasteiger partial charge in [-0.1, -0.05) is 49.0 Å². The molecule has 1 aliphatic heterocycles. The van der Waals surface area contributed by atoms with Gasteiger partial charge in [-0.05, 0) is 43.2 Å². The van der Waals surface area contributed by atoms with Crippen LogP contribution >= 0.6 is 0 Å². The Balaban J connectivity index is 1.16. The van der Waals surface area contributed by atoms with Crippen LogP contribution in [0, 0.1) is 0 Å². The monoisotopic (exact) mass is 477 g/mol. The smallest absolute Gasteiger partial charge is 0.227 e. The third-order valence-corrected chi connectivity index (χ3v) is 7.73. The number of amides is 2. The van der Waals surface area contributed by atoms with Crippen molar-refractivity contribution in [2.75, 3.05) is 13.1 Å². The largest absolute Gasteiger partial charge is 0.361 e. The fraction of sp³-hybridized carbons (Fsp3) is 0.556. The van der Waals surface area contributed by atoms with Gasteiger partial charge in [-0.2, -0.15) is 4.98 Å². The third-order valence-electron chi connectivity index (χ3n) is 7.73. The van der Waals surface area contributed by atoms with Gasteiger partial charge in [0.1, 0.15) is 5.54 Å². The zero-order valence-electron chi connectivity index (χ0n) is 20.5. The van der Waals surface area contributed by atoms with Crippen LogP contribution in [0.4, 0.5) is 0 Å². The van der Waals surface area contributed by atoms with Crippen LogP contribution in [-0.4, -0.2) is 44.9 Å². The molecular weight excluding hydrogens is 442 g/mol. The summed E-state index contributed by atoms with van der Waals surface area (Å²) < 4.78 is 5.52. The summed E-state index contributed by atoms with van der Waals surface area (Å²) in [5.74, 6) is 1.54. The molecule has 35 heavy (non-hydrogen) atoms. The Bertz CT molecular complexity index is 1170. The Kier molecular flexibility index (Phi) is 6.88. The first-order chi connectivity index (χ1) is 17.0. The molecular formula is C27H35N5O3. The second kappa shape index (κ2) is 10.2. The third kappa shape index (κ3) is 5.11. The second-order valence-electron chi connectivity index (χ2n) is 10.1. The summed E-state index contributed by atoms with van der Waals surface area (Å²) in [6.45, 7) is 3.07. The molecule has 1 aliphatic carbocycles. The van der Waals surface area contributed by atoms with Crippen molar-refractivity contribution in [2.45, 2.75) is 82.6 Å². The van der Waals surface area contributed by atoms with Crippen molar-refractivity contribution < 1.29 is 14.1 Å². The molecule has 0 unspecified atom stereocenters. The standard InChI is InChI=1S/C27H35N5O3/c1-19(33)30-27(14-6-2-3-7-15-27)26-29-24(35-31-26)10-11-25(34)32-16-12-20(13-17-32)22-18-28-23-9-5-4-8-21(22)23/h4-5,8-9,18,20,28H,2-3,6-7,10-17H2,1H3,(H,30,33). The summed E-state index contributed by atoms with van der Waals surface area (Å²) in [6.07, 6.45) is 10.8. The van der Waals surface area contributed by atoms with Crippen LogP contribution in [0.3, 0.4) is 0 Å². The van der Waals surface area contributed by atoms with Crippen molar-refractivity contribution in [3.8, 4) is 0 Å². The number of piperidine rings is 1. The average Bonchev–Trinajstić information content (AvgIpc) is 3.46. The number of carbonyl (C=O) groups is 2. The predicted molar refractivity (Wildman–Crippen MR) is 133 cm³/mol. The lowest BCUT2D eigenvalue weighted by Gasteiger charge is -2.32. The molecule has 2 amide bonds. The van der Waals surface area contributed by atoms with E-state index in [4.69, 9.17) is 4.52 Å². The number of fused-ring (bicyclic) bond motifs is 1. The first kappa shape index (κ1) is 23.6. The van der Waals surface area contributed by atoms with E-state index in [1.807, 2.05) is 11.0 Å². The van der Waals surface area contributed by atoms with Gasteiger partial charge in [0.05, 0.1) is 0 Å². The zero-order valence-corrected chi connectivity index (χ0v) is 20.5. The Morgan fingerprint density at radius 3 is 2.63 bits per heavy atom. The van der Waals surface area contributed by atoms with Crippen LogP contribution in [0.2, 0.25) is 0 Å². The number of benzene rings is 1. The molecule has 0 spiro atoms. The Morgan fingerprint density at radius 2 is 1.89 bits per heavy atom. The number of rotatable bonds is 6. The summed E-state index contributed by atoms with van der Waals surface area (Å²) in [6, 6.07) is 8.40. The molecule has 8 nitrogen and oxygen atoms in total. The summed E-state index contributed by atoms with van der Waals surface area (Å²) in [4.78, 5) is 34.8. The molecule has 3 aromatic rings. The van der Waals surface area contributed by atoms with Crippen LogP contribution in [0.5, 0.6) is 0 Å². The molecule has 2 fully saturated rings. The van der Waals surface area contributed by atoms with Crippen molar-refractivity contribution in [3.05, 3.63) is 47.7 Å². The van der Waals surface area contributed by atoms with E-state index in [-0.39, 0.29) is 11.8 Å². The zero-order chi connectivity index (χ0) is 24.3.